The maximum absolute atomic E-state index is 12.4. The molecule has 3 N–H and O–H groups in total. The van der Waals surface area contributed by atoms with Crippen LogP contribution in [0.1, 0.15) is 41.7 Å². The summed E-state index contributed by atoms with van der Waals surface area (Å²) in [5.74, 6) is 0.601. The third kappa shape index (κ3) is 3.56. The first kappa shape index (κ1) is 16.4. The topological polar surface area (TPSA) is 95.1 Å². The molecule has 128 valence electrons. The van der Waals surface area contributed by atoms with Gasteiger partial charge in [-0.25, -0.2) is 4.68 Å². The van der Waals surface area contributed by atoms with Crippen molar-refractivity contribution in [3.05, 3.63) is 41.7 Å². The molecule has 1 fully saturated rings. The summed E-state index contributed by atoms with van der Waals surface area (Å²) in [6, 6.07) is 7.71. The largest absolute Gasteiger partial charge is 0.497 e. The molecule has 7 nitrogen and oxygen atoms in total. The summed E-state index contributed by atoms with van der Waals surface area (Å²) < 4.78 is 6.79. The molecule has 7 heteroatoms. The fraction of sp³-hybridized carbons (Fsp3) is 0.471. The first-order chi connectivity index (χ1) is 11.6. The standard InChI is InChI=1S/C17H23N5O2/c1-24-14-6-4-13(5-7-14)10-22-11-15(20-21-22)16(23)19-17(12-18)8-2-3-9-17/h4-7,11H,2-3,8-10,12,18H2,1H3,(H,19,23). The number of nitrogens with zero attached hydrogens (tertiary/aromatic N) is 3. The van der Waals surface area contributed by atoms with Crippen LogP contribution in [0.5, 0.6) is 5.75 Å². The molecule has 0 spiro atoms. The van der Waals surface area contributed by atoms with Crippen LogP contribution in [0.4, 0.5) is 0 Å². The predicted octanol–water partition coefficient (Wildman–Crippen LogP) is 1.34. The lowest BCUT2D eigenvalue weighted by molar-refractivity contribution is 0.0898. The Kier molecular flexibility index (Phi) is 4.80. The Hall–Kier alpha value is -2.41. The van der Waals surface area contributed by atoms with E-state index in [9.17, 15) is 4.79 Å². The number of carbonyl (C=O) groups is 1. The lowest BCUT2D eigenvalue weighted by Crippen LogP contribution is -2.51. The lowest BCUT2D eigenvalue weighted by Gasteiger charge is -2.28. The molecule has 1 amide bonds. The number of carbonyl (C=O) groups excluding carboxylic acids is 1. The fourth-order valence-electron chi connectivity index (χ4n) is 3.13. The normalized spacial score (nSPS) is 16.1. The van der Waals surface area contributed by atoms with Gasteiger partial charge in [-0.05, 0) is 30.5 Å². The smallest absolute Gasteiger partial charge is 0.273 e. The van der Waals surface area contributed by atoms with Crippen LogP contribution in [-0.2, 0) is 6.54 Å². The van der Waals surface area contributed by atoms with Gasteiger partial charge in [0.05, 0.1) is 25.4 Å². The van der Waals surface area contributed by atoms with Crippen molar-refractivity contribution < 1.29 is 9.53 Å². The van der Waals surface area contributed by atoms with Gasteiger partial charge in [-0.15, -0.1) is 5.10 Å². The zero-order valence-corrected chi connectivity index (χ0v) is 13.9. The highest BCUT2D eigenvalue weighted by molar-refractivity contribution is 5.92. The monoisotopic (exact) mass is 329 g/mol. The molecular formula is C17H23N5O2. The molecule has 1 aromatic carbocycles. The number of hydrogen-bond donors (Lipinski definition) is 2. The Morgan fingerprint density at radius 2 is 2.04 bits per heavy atom. The van der Waals surface area contributed by atoms with Gasteiger partial charge in [-0.2, -0.15) is 0 Å². The van der Waals surface area contributed by atoms with Crippen LogP contribution in [0.15, 0.2) is 30.5 Å². The van der Waals surface area contributed by atoms with Gasteiger partial charge in [0.15, 0.2) is 5.69 Å². The maximum Gasteiger partial charge on any atom is 0.273 e. The highest BCUT2D eigenvalue weighted by Crippen LogP contribution is 2.28. The first-order valence-corrected chi connectivity index (χ1v) is 8.20. The van der Waals surface area contributed by atoms with Crippen molar-refractivity contribution in [2.24, 2.45) is 5.73 Å². The summed E-state index contributed by atoms with van der Waals surface area (Å²) in [4.78, 5) is 12.4. The van der Waals surface area contributed by atoms with Gasteiger partial charge >= 0.3 is 0 Å². The third-order valence-corrected chi connectivity index (χ3v) is 4.61. The number of hydrogen-bond acceptors (Lipinski definition) is 5. The molecule has 1 aliphatic carbocycles. The Bertz CT molecular complexity index is 689. The van der Waals surface area contributed by atoms with Crippen molar-refractivity contribution in [2.45, 2.75) is 37.8 Å². The first-order valence-electron chi connectivity index (χ1n) is 8.20. The van der Waals surface area contributed by atoms with Gasteiger partial charge in [0, 0.05) is 6.54 Å². The summed E-state index contributed by atoms with van der Waals surface area (Å²) in [6.07, 6.45) is 5.71. The summed E-state index contributed by atoms with van der Waals surface area (Å²) in [7, 11) is 1.63. The van der Waals surface area contributed by atoms with E-state index in [0.29, 0.717) is 18.8 Å². The molecule has 0 bridgehead atoms. The summed E-state index contributed by atoms with van der Waals surface area (Å²) in [5, 5.41) is 11.1. The van der Waals surface area contributed by atoms with Gasteiger partial charge in [0.1, 0.15) is 5.75 Å². The second-order valence-corrected chi connectivity index (χ2v) is 6.30. The second-order valence-electron chi connectivity index (χ2n) is 6.30. The van der Waals surface area contributed by atoms with Gasteiger partial charge < -0.3 is 15.8 Å². The van der Waals surface area contributed by atoms with Crippen LogP contribution in [0.3, 0.4) is 0 Å². The number of amides is 1. The minimum atomic E-state index is -0.281. The summed E-state index contributed by atoms with van der Waals surface area (Å²) in [6.45, 7) is 1.00. The lowest BCUT2D eigenvalue weighted by atomic mass is 9.98. The number of benzene rings is 1. The van der Waals surface area contributed by atoms with Crippen LogP contribution in [0.2, 0.25) is 0 Å². The number of aromatic nitrogens is 3. The minimum Gasteiger partial charge on any atom is -0.497 e. The zero-order valence-electron chi connectivity index (χ0n) is 13.9. The maximum atomic E-state index is 12.4. The predicted molar refractivity (Wildman–Crippen MR) is 89.8 cm³/mol. The molecule has 0 atom stereocenters. The van der Waals surface area contributed by atoms with Gasteiger partial charge in [0.2, 0.25) is 0 Å². The van der Waals surface area contributed by atoms with E-state index in [2.05, 4.69) is 15.6 Å². The molecule has 0 saturated heterocycles. The SMILES string of the molecule is COc1ccc(Cn2cc(C(=O)NC3(CN)CCCC3)nn2)cc1. The van der Waals surface area contributed by atoms with E-state index in [4.69, 9.17) is 10.5 Å². The fourth-order valence-corrected chi connectivity index (χ4v) is 3.13. The van der Waals surface area contributed by atoms with E-state index in [-0.39, 0.29) is 11.4 Å². The molecule has 2 aromatic rings. The molecule has 1 aliphatic rings. The highest BCUT2D eigenvalue weighted by Gasteiger charge is 2.34. The van der Waals surface area contributed by atoms with Gasteiger partial charge in [-0.1, -0.05) is 30.2 Å². The van der Waals surface area contributed by atoms with Crippen LogP contribution in [0, 0.1) is 0 Å². The van der Waals surface area contributed by atoms with Crippen molar-refractivity contribution in [3.63, 3.8) is 0 Å². The quantitative estimate of drug-likeness (QED) is 0.834. The Labute approximate surface area is 141 Å². The van der Waals surface area contributed by atoms with E-state index < -0.39 is 0 Å². The van der Waals surface area contributed by atoms with E-state index in [0.717, 1.165) is 37.0 Å². The third-order valence-electron chi connectivity index (χ3n) is 4.61. The molecule has 0 unspecified atom stereocenters. The van der Waals surface area contributed by atoms with Crippen molar-refractivity contribution >= 4 is 5.91 Å². The number of ether oxygens (including phenoxy) is 1. The molecule has 1 saturated carbocycles. The molecule has 1 heterocycles. The summed E-state index contributed by atoms with van der Waals surface area (Å²) >= 11 is 0. The number of nitrogens with one attached hydrogen (secondary N) is 1. The number of methoxy groups -OCH3 is 1. The van der Waals surface area contributed by atoms with Gasteiger partial charge in [0.25, 0.3) is 5.91 Å². The second kappa shape index (κ2) is 7.00. The highest BCUT2D eigenvalue weighted by atomic mass is 16.5. The van der Waals surface area contributed by atoms with Crippen LogP contribution >= 0.6 is 0 Å². The average Bonchev–Trinajstić information content (AvgIpc) is 3.26. The Morgan fingerprint density at radius 1 is 1.33 bits per heavy atom. The van der Waals surface area contributed by atoms with E-state index in [1.807, 2.05) is 24.3 Å². The van der Waals surface area contributed by atoms with Crippen molar-refractivity contribution in [3.8, 4) is 5.75 Å². The molecule has 1 aromatic heterocycles. The molecule has 3 rings (SSSR count). The van der Waals surface area contributed by atoms with Crippen LogP contribution in [-0.4, -0.2) is 40.1 Å². The number of nitrogens with two attached hydrogens (primary N) is 1. The van der Waals surface area contributed by atoms with E-state index in [1.54, 1.807) is 18.0 Å². The summed E-state index contributed by atoms with van der Waals surface area (Å²) in [5.41, 5.74) is 6.96. The van der Waals surface area contributed by atoms with E-state index >= 15 is 0 Å². The van der Waals surface area contributed by atoms with Gasteiger partial charge in [-0.3, -0.25) is 4.79 Å². The molecular weight excluding hydrogens is 306 g/mol. The molecule has 0 aliphatic heterocycles. The number of rotatable bonds is 6. The van der Waals surface area contributed by atoms with Crippen LogP contribution < -0.4 is 15.8 Å². The zero-order chi connectivity index (χ0) is 17.0. The van der Waals surface area contributed by atoms with Crippen molar-refractivity contribution in [1.29, 1.82) is 0 Å². The van der Waals surface area contributed by atoms with Crippen molar-refractivity contribution in [1.82, 2.24) is 20.3 Å². The van der Waals surface area contributed by atoms with Crippen molar-refractivity contribution in [2.75, 3.05) is 13.7 Å². The molecule has 0 radical (unpaired) electrons. The molecule has 24 heavy (non-hydrogen) atoms. The Balaban J connectivity index is 1.64. The van der Waals surface area contributed by atoms with E-state index in [1.165, 1.54) is 0 Å². The van der Waals surface area contributed by atoms with Crippen LogP contribution in [0.25, 0.3) is 0 Å². The Morgan fingerprint density at radius 3 is 2.67 bits per heavy atom. The minimum absolute atomic E-state index is 0.205. The average molecular weight is 329 g/mol.